The Bertz CT molecular complexity index is 415. The van der Waals surface area contributed by atoms with Crippen molar-refractivity contribution in [1.82, 2.24) is 4.90 Å². The number of halogens is 2. The number of hydrogen-bond acceptors (Lipinski definition) is 3. The molecule has 1 unspecified atom stereocenters. The predicted molar refractivity (Wildman–Crippen MR) is 70.8 cm³/mol. The molecule has 0 radical (unpaired) electrons. The molecule has 1 aromatic carbocycles. The van der Waals surface area contributed by atoms with E-state index in [0.29, 0.717) is 12.1 Å². The van der Waals surface area contributed by atoms with E-state index in [9.17, 15) is 9.18 Å². The molecule has 0 aromatic heterocycles. The van der Waals surface area contributed by atoms with Crippen LogP contribution in [0.15, 0.2) is 18.2 Å². The van der Waals surface area contributed by atoms with Crippen LogP contribution in [0, 0.1) is 5.82 Å². The Morgan fingerprint density at radius 1 is 1.56 bits per heavy atom. The van der Waals surface area contributed by atoms with E-state index in [1.54, 1.807) is 7.05 Å². The molecule has 1 amide bonds. The Morgan fingerprint density at radius 2 is 2.17 bits per heavy atom. The van der Waals surface area contributed by atoms with Crippen molar-refractivity contribution in [2.75, 3.05) is 20.7 Å². The summed E-state index contributed by atoms with van der Waals surface area (Å²) in [5, 5.41) is 0. The Balaban J connectivity index is 0.00000289. The molecule has 0 bridgehead atoms. The molecule has 0 fully saturated rings. The predicted octanol–water partition coefficient (Wildman–Crippen LogP) is 1.68. The number of likely N-dealkylation sites (N-methyl/N-ethyl adjacent to an activating group) is 1. The van der Waals surface area contributed by atoms with Gasteiger partial charge < -0.3 is 15.4 Å². The van der Waals surface area contributed by atoms with Gasteiger partial charge in [-0.3, -0.25) is 4.79 Å². The lowest BCUT2D eigenvalue weighted by molar-refractivity contribution is 0.0748. The summed E-state index contributed by atoms with van der Waals surface area (Å²) in [4.78, 5) is 13.5. The monoisotopic (exact) mass is 276 g/mol. The summed E-state index contributed by atoms with van der Waals surface area (Å²) in [5.74, 6) is -0.635. The lowest BCUT2D eigenvalue weighted by Crippen LogP contribution is -2.39. The number of amides is 1. The summed E-state index contributed by atoms with van der Waals surface area (Å²) >= 11 is 0. The minimum Gasteiger partial charge on any atom is -0.494 e. The van der Waals surface area contributed by atoms with E-state index in [4.69, 9.17) is 10.5 Å². The normalized spacial score (nSPS) is 11.4. The average Bonchev–Trinajstić information content (AvgIpc) is 2.36. The van der Waals surface area contributed by atoms with Crippen LogP contribution in [0.5, 0.6) is 5.75 Å². The second-order valence-electron chi connectivity index (χ2n) is 3.85. The van der Waals surface area contributed by atoms with Crippen molar-refractivity contribution in [2.45, 2.75) is 13.0 Å². The van der Waals surface area contributed by atoms with Crippen LogP contribution in [-0.2, 0) is 0 Å². The zero-order chi connectivity index (χ0) is 13.0. The van der Waals surface area contributed by atoms with Gasteiger partial charge in [0.2, 0.25) is 0 Å². The molecule has 0 aliphatic heterocycles. The van der Waals surface area contributed by atoms with E-state index in [1.807, 2.05) is 6.92 Å². The first-order valence-electron chi connectivity index (χ1n) is 5.32. The first kappa shape index (κ1) is 16.7. The number of benzene rings is 1. The molecule has 0 spiro atoms. The van der Waals surface area contributed by atoms with Gasteiger partial charge in [0.25, 0.3) is 5.91 Å². The number of hydrogen-bond donors (Lipinski definition) is 1. The van der Waals surface area contributed by atoms with Crippen molar-refractivity contribution in [1.29, 1.82) is 0 Å². The fraction of sp³-hybridized carbons (Fsp3) is 0.417. The number of rotatable bonds is 4. The van der Waals surface area contributed by atoms with E-state index < -0.39 is 5.82 Å². The Kier molecular flexibility index (Phi) is 6.65. The minimum absolute atomic E-state index is 0. The molecule has 1 aromatic rings. The highest BCUT2D eigenvalue weighted by Crippen LogP contribution is 2.19. The van der Waals surface area contributed by atoms with Gasteiger partial charge in [-0.15, -0.1) is 12.4 Å². The fourth-order valence-electron chi connectivity index (χ4n) is 1.35. The standard InChI is InChI=1S/C12H17FN2O2.ClH/c1-8(7-14)15(2)12(16)9-4-5-10(13)11(6-9)17-3;/h4-6,8H,7,14H2,1-3H3;1H. The van der Waals surface area contributed by atoms with Crippen LogP contribution < -0.4 is 10.5 Å². The van der Waals surface area contributed by atoms with Crippen LogP contribution in [0.25, 0.3) is 0 Å². The van der Waals surface area contributed by atoms with Crippen molar-refractivity contribution in [3.05, 3.63) is 29.6 Å². The summed E-state index contributed by atoms with van der Waals surface area (Å²) in [6.45, 7) is 2.22. The van der Waals surface area contributed by atoms with Crippen LogP contribution in [0.1, 0.15) is 17.3 Å². The van der Waals surface area contributed by atoms with Crippen molar-refractivity contribution in [3.8, 4) is 5.75 Å². The summed E-state index contributed by atoms with van der Waals surface area (Å²) in [6.07, 6.45) is 0. The third-order valence-electron chi connectivity index (χ3n) is 2.72. The van der Waals surface area contributed by atoms with Crippen molar-refractivity contribution < 1.29 is 13.9 Å². The first-order chi connectivity index (χ1) is 8.01. The number of carbonyl (C=O) groups excluding carboxylic acids is 1. The smallest absolute Gasteiger partial charge is 0.254 e. The van der Waals surface area contributed by atoms with Gasteiger partial charge in [0.15, 0.2) is 11.6 Å². The molecule has 4 nitrogen and oxygen atoms in total. The van der Waals surface area contributed by atoms with E-state index in [-0.39, 0.29) is 30.1 Å². The van der Waals surface area contributed by atoms with Gasteiger partial charge in [-0.25, -0.2) is 4.39 Å². The third-order valence-corrected chi connectivity index (χ3v) is 2.72. The quantitative estimate of drug-likeness (QED) is 0.910. The zero-order valence-electron chi connectivity index (χ0n) is 10.6. The van der Waals surface area contributed by atoms with E-state index >= 15 is 0 Å². The Labute approximate surface area is 112 Å². The second kappa shape index (κ2) is 7.18. The van der Waals surface area contributed by atoms with E-state index in [2.05, 4.69) is 0 Å². The summed E-state index contributed by atoms with van der Waals surface area (Å²) in [7, 11) is 3.02. The Morgan fingerprint density at radius 3 is 2.67 bits per heavy atom. The minimum atomic E-state index is -0.487. The number of nitrogens with zero attached hydrogens (tertiary/aromatic N) is 1. The number of methoxy groups -OCH3 is 1. The molecule has 0 aliphatic rings. The average molecular weight is 277 g/mol. The molecule has 1 rings (SSSR count). The highest BCUT2D eigenvalue weighted by atomic mass is 35.5. The van der Waals surface area contributed by atoms with Crippen LogP contribution in [0.3, 0.4) is 0 Å². The molecular weight excluding hydrogens is 259 g/mol. The summed E-state index contributed by atoms with van der Waals surface area (Å²) < 4.78 is 18.0. The van der Waals surface area contributed by atoms with Crippen molar-refractivity contribution in [3.63, 3.8) is 0 Å². The maximum atomic E-state index is 13.2. The fourth-order valence-corrected chi connectivity index (χ4v) is 1.35. The number of nitrogens with two attached hydrogens (primary N) is 1. The lowest BCUT2D eigenvalue weighted by atomic mass is 10.1. The molecule has 18 heavy (non-hydrogen) atoms. The number of carbonyl (C=O) groups is 1. The van der Waals surface area contributed by atoms with Gasteiger partial charge in [0, 0.05) is 25.2 Å². The van der Waals surface area contributed by atoms with E-state index in [0.717, 1.165) is 0 Å². The zero-order valence-corrected chi connectivity index (χ0v) is 11.5. The molecule has 0 saturated carbocycles. The Hall–Kier alpha value is -1.33. The highest BCUT2D eigenvalue weighted by molar-refractivity contribution is 5.94. The maximum Gasteiger partial charge on any atom is 0.254 e. The molecule has 0 aliphatic carbocycles. The summed E-state index contributed by atoms with van der Waals surface area (Å²) in [5.41, 5.74) is 5.87. The van der Waals surface area contributed by atoms with Gasteiger partial charge in [-0.05, 0) is 25.1 Å². The molecular formula is C12H18ClFN2O2. The van der Waals surface area contributed by atoms with Gasteiger partial charge in [-0.2, -0.15) is 0 Å². The lowest BCUT2D eigenvalue weighted by Gasteiger charge is -2.23. The van der Waals surface area contributed by atoms with Gasteiger partial charge in [-0.1, -0.05) is 0 Å². The van der Waals surface area contributed by atoms with Gasteiger partial charge in [0.05, 0.1) is 7.11 Å². The molecule has 0 saturated heterocycles. The molecule has 1 atom stereocenters. The highest BCUT2D eigenvalue weighted by Gasteiger charge is 2.17. The molecule has 0 heterocycles. The molecule has 102 valence electrons. The topological polar surface area (TPSA) is 55.6 Å². The van der Waals surface area contributed by atoms with Crippen LogP contribution in [0.2, 0.25) is 0 Å². The SMILES string of the molecule is COc1cc(C(=O)N(C)C(C)CN)ccc1F.Cl. The van der Waals surface area contributed by atoms with Crippen LogP contribution in [-0.4, -0.2) is 37.6 Å². The number of ether oxygens (including phenoxy) is 1. The molecule has 2 N–H and O–H groups in total. The van der Waals surface area contributed by atoms with Crippen molar-refractivity contribution >= 4 is 18.3 Å². The van der Waals surface area contributed by atoms with Crippen LogP contribution >= 0.6 is 12.4 Å². The maximum absolute atomic E-state index is 13.2. The third kappa shape index (κ3) is 3.58. The van der Waals surface area contributed by atoms with Gasteiger partial charge in [0.1, 0.15) is 0 Å². The molecule has 6 heteroatoms. The second-order valence-corrected chi connectivity index (χ2v) is 3.85. The van der Waals surface area contributed by atoms with Gasteiger partial charge >= 0.3 is 0 Å². The van der Waals surface area contributed by atoms with Crippen LogP contribution in [0.4, 0.5) is 4.39 Å². The van der Waals surface area contributed by atoms with E-state index in [1.165, 1.54) is 30.2 Å². The largest absolute Gasteiger partial charge is 0.494 e. The first-order valence-corrected chi connectivity index (χ1v) is 5.32. The summed E-state index contributed by atoms with van der Waals surface area (Å²) in [6, 6.07) is 3.96. The van der Waals surface area contributed by atoms with Crippen molar-refractivity contribution in [2.24, 2.45) is 5.73 Å².